The second-order valence-electron chi connectivity index (χ2n) is 2.97. The third-order valence-electron chi connectivity index (χ3n) is 1.83. The maximum Gasteiger partial charge on any atom is 0.412 e. The molecule has 0 aromatic heterocycles. The van der Waals surface area contributed by atoms with Crippen LogP contribution < -0.4 is 10.1 Å². The van der Waals surface area contributed by atoms with E-state index in [1.165, 1.54) is 7.05 Å². The van der Waals surface area contributed by atoms with Gasteiger partial charge in [-0.25, -0.2) is 4.79 Å². The highest BCUT2D eigenvalue weighted by molar-refractivity contribution is 7.99. The summed E-state index contributed by atoms with van der Waals surface area (Å²) < 4.78 is 5.13. The third kappa shape index (κ3) is 3.98. The Hall–Kier alpha value is -1.42. The summed E-state index contributed by atoms with van der Waals surface area (Å²) in [5.74, 6) is 1.46. The van der Waals surface area contributed by atoms with Gasteiger partial charge in [-0.1, -0.05) is 24.3 Å². The number of amides is 1. The number of carbonyl (C=O) groups is 1. The van der Waals surface area contributed by atoms with Gasteiger partial charge in [0.25, 0.3) is 0 Å². The summed E-state index contributed by atoms with van der Waals surface area (Å²) in [5, 5.41) is 2.42. The highest BCUT2D eigenvalue weighted by Crippen LogP contribution is 2.28. The van der Waals surface area contributed by atoms with Crippen molar-refractivity contribution in [2.24, 2.45) is 0 Å². The van der Waals surface area contributed by atoms with Gasteiger partial charge in [0.2, 0.25) is 0 Å². The lowest BCUT2D eigenvalue weighted by molar-refractivity contribution is 0.202. The summed E-state index contributed by atoms with van der Waals surface area (Å²) in [6, 6.07) is 7.49. The first-order valence-electron chi connectivity index (χ1n) is 5.00. The first-order chi connectivity index (χ1) is 7.77. The van der Waals surface area contributed by atoms with E-state index in [4.69, 9.17) is 4.74 Å². The molecule has 4 heteroatoms. The quantitative estimate of drug-likeness (QED) is 0.646. The van der Waals surface area contributed by atoms with E-state index in [1.54, 1.807) is 17.8 Å². The maximum atomic E-state index is 11.1. The van der Waals surface area contributed by atoms with Crippen LogP contribution in [0.4, 0.5) is 4.79 Å². The first kappa shape index (κ1) is 12.6. The number of para-hydroxylation sites is 1. The van der Waals surface area contributed by atoms with Crippen LogP contribution in [0.2, 0.25) is 0 Å². The number of allylic oxidation sites excluding steroid dienone is 1. The minimum Gasteiger partial charge on any atom is -0.409 e. The van der Waals surface area contributed by atoms with Gasteiger partial charge in [0.1, 0.15) is 5.75 Å². The zero-order valence-electron chi connectivity index (χ0n) is 9.40. The Morgan fingerprint density at radius 1 is 1.50 bits per heavy atom. The lowest BCUT2D eigenvalue weighted by atomic mass is 10.3. The fourth-order valence-corrected chi connectivity index (χ4v) is 1.93. The molecule has 0 bridgehead atoms. The number of benzene rings is 1. The van der Waals surface area contributed by atoms with Crippen LogP contribution in [0.15, 0.2) is 41.3 Å². The molecule has 0 saturated heterocycles. The van der Waals surface area contributed by atoms with Crippen LogP contribution in [0.1, 0.15) is 6.92 Å². The van der Waals surface area contributed by atoms with E-state index in [1.807, 2.05) is 31.2 Å². The Kier molecular flexibility index (Phi) is 5.50. The Balaban J connectivity index is 2.71. The number of nitrogens with one attached hydrogen (secondary N) is 1. The van der Waals surface area contributed by atoms with E-state index in [0.717, 1.165) is 10.6 Å². The zero-order valence-corrected chi connectivity index (χ0v) is 10.2. The number of ether oxygens (including phenoxy) is 1. The van der Waals surface area contributed by atoms with Crippen molar-refractivity contribution in [2.45, 2.75) is 11.8 Å². The standard InChI is InChI=1S/C12H15NO2S/c1-3-4-9-16-11-8-6-5-7-10(11)15-12(14)13-2/h3-8H,9H2,1-2H3,(H,13,14). The van der Waals surface area contributed by atoms with E-state index >= 15 is 0 Å². The van der Waals surface area contributed by atoms with E-state index < -0.39 is 6.09 Å². The van der Waals surface area contributed by atoms with Crippen LogP contribution >= 0.6 is 11.8 Å². The molecule has 0 fully saturated rings. The van der Waals surface area contributed by atoms with Crippen molar-refractivity contribution >= 4 is 17.9 Å². The molecule has 86 valence electrons. The second-order valence-corrected chi connectivity index (χ2v) is 4.03. The molecule has 0 aliphatic rings. The fourth-order valence-electron chi connectivity index (χ4n) is 1.04. The smallest absolute Gasteiger partial charge is 0.409 e. The predicted molar refractivity (Wildman–Crippen MR) is 67.1 cm³/mol. The van der Waals surface area contributed by atoms with Gasteiger partial charge in [-0.2, -0.15) is 0 Å². The van der Waals surface area contributed by atoms with Crippen LogP contribution in [0.5, 0.6) is 5.75 Å². The largest absolute Gasteiger partial charge is 0.412 e. The van der Waals surface area contributed by atoms with Gasteiger partial charge < -0.3 is 10.1 Å². The first-order valence-corrected chi connectivity index (χ1v) is 5.99. The number of rotatable bonds is 4. The van der Waals surface area contributed by atoms with E-state index in [-0.39, 0.29) is 0 Å². The maximum absolute atomic E-state index is 11.1. The summed E-state index contributed by atoms with van der Waals surface area (Å²) in [7, 11) is 1.54. The summed E-state index contributed by atoms with van der Waals surface area (Å²) in [5.41, 5.74) is 0. The average Bonchev–Trinajstić information content (AvgIpc) is 2.31. The molecule has 0 saturated carbocycles. The molecule has 1 amide bonds. The van der Waals surface area contributed by atoms with Crippen molar-refractivity contribution in [3.63, 3.8) is 0 Å². The summed E-state index contributed by atoms with van der Waals surface area (Å²) >= 11 is 1.63. The molecule has 0 atom stereocenters. The molecule has 1 aromatic rings. The zero-order chi connectivity index (χ0) is 11.8. The number of hydrogen-bond donors (Lipinski definition) is 1. The molecular weight excluding hydrogens is 222 g/mol. The molecule has 16 heavy (non-hydrogen) atoms. The highest BCUT2D eigenvalue weighted by Gasteiger charge is 2.06. The predicted octanol–water partition coefficient (Wildman–Crippen LogP) is 3.07. The van der Waals surface area contributed by atoms with Gasteiger partial charge in [-0.15, -0.1) is 11.8 Å². The fraction of sp³-hybridized carbons (Fsp3) is 0.250. The monoisotopic (exact) mass is 237 g/mol. The highest BCUT2D eigenvalue weighted by atomic mass is 32.2. The van der Waals surface area contributed by atoms with Crippen molar-refractivity contribution in [3.05, 3.63) is 36.4 Å². The van der Waals surface area contributed by atoms with E-state index in [0.29, 0.717) is 5.75 Å². The molecule has 1 N–H and O–H groups in total. The SMILES string of the molecule is CC=CCSc1ccccc1OC(=O)NC. The van der Waals surface area contributed by atoms with Gasteiger partial charge >= 0.3 is 6.09 Å². The average molecular weight is 237 g/mol. The van der Waals surface area contributed by atoms with Gasteiger partial charge in [0, 0.05) is 12.8 Å². The molecular formula is C12H15NO2S. The van der Waals surface area contributed by atoms with Crippen LogP contribution in [-0.2, 0) is 0 Å². The lowest BCUT2D eigenvalue weighted by Crippen LogP contribution is -2.22. The minimum atomic E-state index is -0.445. The molecule has 3 nitrogen and oxygen atoms in total. The molecule has 0 spiro atoms. The summed E-state index contributed by atoms with van der Waals surface area (Å²) in [6.07, 6.45) is 3.61. The van der Waals surface area contributed by atoms with Gasteiger partial charge in [0.15, 0.2) is 0 Å². The molecule has 1 rings (SSSR count). The number of hydrogen-bond acceptors (Lipinski definition) is 3. The van der Waals surface area contributed by atoms with Crippen LogP contribution in [0.25, 0.3) is 0 Å². The third-order valence-corrected chi connectivity index (χ3v) is 2.83. The van der Waals surface area contributed by atoms with Crippen LogP contribution in [-0.4, -0.2) is 18.9 Å². The minimum absolute atomic E-state index is 0.445. The van der Waals surface area contributed by atoms with Crippen molar-refractivity contribution in [3.8, 4) is 5.75 Å². The number of thioether (sulfide) groups is 1. The topological polar surface area (TPSA) is 38.3 Å². The Bertz CT molecular complexity index is 377. The Morgan fingerprint density at radius 3 is 2.94 bits per heavy atom. The van der Waals surface area contributed by atoms with E-state index in [2.05, 4.69) is 11.4 Å². The molecule has 0 radical (unpaired) electrons. The van der Waals surface area contributed by atoms with Crippen LogP contribution in [0, 0.1) is 0 Å². The molecule has 0 heterocycles. The Labute approximate surface area is 99.9 Å². The second kappa shape index (κ2) is 6.95. The van der Waals surface area contributed by atoms with Crippen molar-refractivity contribution < 1.29 is 9.53 Å². The Morgan fingerprint density at radius 2 is 2.25 bits per heavy atom. The van der Waals surface area contributed by atoms with Gasteiger partial charge in [0.05, 0.1) is 4.90 Å². The summed E-state index contributed by atoms with van der Waals surface area (Å²) in [6.45, 7) is 1.98. The van der Waals surface area contributed by atoms with Crippen molar-refractivity contribution in [1.82, 2.24) is 5.32 Å². The van der Waals surface area contributed by atoms with Gasteiger partial charge in [-0.3, -0.25) is 0 Å². The molecule has 1 aromatic carbocycles. The van der Waals surface area contributed by atoms with Crippen molar-refractivity contribution in [2.75, 3.05) is 12.8 Å². The normalized spacial score (nSPS) is 10.4. The lowest BCUT2D eigenvalue weighted by Gasteiger charge is -2.07. The van der Waals surface area contributed by atoms with Gasteiger partial charge in [-0.05, 0) is 19.1 Å². The van der Waals surface area contributed by atoms with Crippen LogP contribution in [0.3, 0.4) is 0 Å². The number of carbonyl (C=O) groups excluding carboxylic acids is 1. The summed E-state index contributed by atoms with van der Waals surface area (Å²) in [4.78, 5) is 12.1. The van der Waals surface area contributed by atoms with Crippen molar-refractivity contribution in [1.29, 1.82) is 0 Å². The van der Waals surface area contributed by atoms with E-state index in [9.17, 15) is 4.79 Å². The molecule has 0 unspecified atom stereocenters. The molecule has 0 aliphatic heterocycles. The molecule has 0 aliphatic carbocycles.